The van der Waals surface area contributed by atoms with Crippen LogP contribution in [0.2, 0.25) is 0 Å². The van der Waals surface area contributed by atoms with Gasteiger partial charge in [0, 0.05) is 36.7 Å². The molecule has 2 atom stereocenters. The number of aliphatic hydroxyl groups is 1. The number of anilines is 3. The number of hydrogen-bond donors (Lipinski definition) is 3. The van der Waals surface area contributed by atoms with E-state index in [1.165, 1.54) is 12.1 Å². The molecule has 0 aromatic heterocycles. The van der Waals surface area contributed by atoms with Crippen molar-refractivity contribution in [2.24, 2.45) is 0 Å². The molecule has 2 aliphatic heterocycles. The predicted octanol–water partition coefficient (Wildman–Crippen LogP) is 3.98. The van der Waals surface area contributed by atoms with Crippen LogP contribution in [-0.2, 0) is 11.0 Å². The summed E-state index contributed by atoms with van der Waals surface area (Å²) < 4.78 is 38.1. The second-order valence-electron chi connectivity index (χ2n) is 8.62. The highest BCUT2D eigenvalue weighted by atomic mass is 19.4. The van der Waals surface area contributed by atoms with Gasteiger partial charge in [0.15, 0.2) is 0 Å². The fraction of sp³-hybridized carbons (Fsp3) is 0.417. The first-order valence-electron chi connectivity index (χ1n) is 11.3. The summed E-state index contributed by atoms with van der Waals surface area (Å²) in [7, 11) is 0. The SMILES string of the molecule is O=C(Nc1ccc(C(F)(F)F)cc1)N[C@@H]1CCCN(c2ccc(N3CCCC(O)C3)cc2)C1=O. The molecule has 0 radical (unpaired) electrons. The summed E-state index contributed by atoms with van der Waals surface area (Å²) in [6, 6.07) is 10.3. The molecular formula is C24H27F3N4O3. The third-order valence-electron chi connectivity index (χ3n) is 6.14. The Labute approximate surface area is 195 Å². The van der Waals surface area contributed by atoms with Gasteiger partial charge in [-0.1, -0.05) is 0 Å². The van der Waals surface area contributed by atoms with Gasteiger partial charge < -0.3 is 25.5 Å². The molecule has 3 amide bonds. The van der Waals surface area contributed by atoms with Crippen LogP contribution in [0.1, 0.15) is 31.2 Å². The van der Waals surface area contributed by atoms with Crippen molar-refractivity contribution in [1.29, 1.82) is 0 Å². The number of alkyl halides is 3. The van der Waals surface area contributed by atoms with Gasteiger partial charge in [-0.2, -0.15) is 13.2 Å². The second kappa shape index (κ2) is 9.92. The highest BCUT2D eigenvalue weighted by Gasteiger charge is 2.32. The summed E-state index contributed by atoms with van der Waals surface area (Å²) in [5.41, 5.74) is 1.10. The highest BCUT2D eigenvalue weighted by Crippen LogP contribution is 2.30. The van der Waals surface area contributed by atoms with Crippen molar-refractivity contribution in [3.05, 3.63) is 54.1 Å². The molecule has 2 aromatic carbocycles. The summed E-state index contributed by atoms with van der Waals surface area (Å²) in [6.07, 6.45) is -1.90. The number of urea groups is 1. The topological polar surface area (TPSA) is 84.9 Å². The number of aliphatic hydroxyl groups excluding tert-OH is 1. The van der Waals surface area contributed by atoms with Crippen molar-refractivity contribution in [2.45, 2.75) is 44.0 Å². The Balaban J connectivity index is 1.35. The van der Waals surface area contributed by atoms with Gasteiger partial charge in [-0.25, -0.2) is 4.79 Å². The van der Waals surface area contributed by atoms with Gasteiger partial charge in [-0.15, -0.1) is 0 Å². The summed E-state index contributed by atoms with van der Waals surface area (Å²) in [6.45, 7) is 1.99. The molecule has 1 unspecified atom stereocenters. The number of nitrogens with zero attached hydrogens (tertiary/aromatic N) is 2. The standard InChI is InChI=1S/C24H27F3N4O3/c25-24(26,27)16-5-7-17(8-6-16)28-23(34)29-21-4-2-14-31(22(21)33)19-11-9-18(10-12-19)30-13-1-3-20(32)15-30/h5-12,20-21,32H,1-4,13-15H2,(H2,28,29,34)/t20?,21-/m1/s1. The average Bonchev–Trinajstić information content (AvgIpc) is 2.80. The number of rotatable bonds is 4. The van der Waals surface area contributed by atoms with E-state index >= 15 is 0 Å². The van der Waals surface area contributed by atoms with E-state index < -0.39 is 23.8 Å². The number of amides is 3. The first kappa shape index (κ1) is 23.9. The minimum absolute atomic E-state index is 0.198. The number of halogens is 3. The number of carbonyl (C=O) groups is 2. The number of piperidine rings is 2. The largest absolute Gasteiger partial charge is 0.416 e. The van der Waals surface area contributed by atoms with Crippen molar-refractivity contribution < 1.29 is 27.9 Å². The van der Waals surface area contributed by atoms with Gasteiger partial charge in [-0.3, -0.25) is 4.79 Å². The maximum absolute atomic E-state index is 13.0. The zero-order valence-electron chi connectivity index (χ0n) is 18.5. The molecule has 2 aliphatic rings. The van der Waals surface area contributed by atoms with Gasteiger partial charge in [0.2, 0.25) is 5.91 Å². The van der Waals surface area contributed by atoms with Crippen LogP contribution >= 0.6 is 0 Å². The Morgan fingerprint density at radius 2 is 1.59 bits per heavy atom. The normalized spacial score (nSPS) is 21.4. The highest BCUT2D eigenvalue weighted by molar-refractivity contribution is 6.01. The van der Waals surface area contributed by atoms with Gasteiger partial charge in [0.05, 0.1) is 11.7 Å². The number of hydrogen-bond acceptors (Lipinski definition) is 4. The Kier molecular flexibility index (Phi) is 6.97. The first-order valence-corrected chi connectivity index (χ1v) is 11.3. The maximum atomic E-state index is 13.0. The Morgan fingerprint density at radius 3 is 2.24 bits per heavy atom. The van der Waals surface area contributed by atoms with Crippen LogP contribution in [0.5, 0.6) is 0 Å². The van der Waals surface area contributed by atoms with E-state index in [1.807, 2.05) is 24.3 Å². The smallest absolute Gasteiger partial charge is 0.391 e. The lowest BCUT2D eigenvalue weighted by molar-refractivity contribution is -0.137. The molecular weight excluding hydrogens is 449 g/mol. The predicted molar refractivity (Wildman–Crippen MR) is 123 cm³/mol. The number of benzene rings is 2. The van der Waals surface area contributed by atoms with E-state index in [0.717, 1.165) is 42.9 Å². The third kappa shape index (κ3) is 5.61. The molecule has 0 bridgehead atoms. The zero-order valence-corrected chi connectivity index (χ0v) is 18.5. The molecule has 10 heteroatoms. The van der Waals surface area contributed by atoms with Crippen LogP contribution in [0.25, 0.3) is 0 Å². The monoisotopic (exact) mass is 476 g/mol. The molecule has 0 saturated carbocycles. The van der Waals surface area contributed by atoms with Crippen LogP contribution in [0.3, 0.4) is 0 Å². The molecule has 4 rings (SSSR count). The minimum atomic E-state index is -4.45. The Hall–Kier alpha value is -3.27. The van der Waals surface area contributed by atoms with E-state index in [9.17, 15) is 27.9 Å². The van der Waals surface area contributed by atoms with Crippen LogP contribution in [-0.4, -0.2) is 48.8 Å². The van der Waals surface area contributed by atoms with Gasteiger partial charge >= 0.3 is 12.2 Å². The average molecular weight is 476 g/mol. The third-order valence-corrected chi connectivity index (χ3v) is 6.14. The molecule has 182 valence electrons. The summed E-state index contributed by atoms with van der Waals surface area (Å²) in [5.74, 6) is -0.241. The molecule has 34 heavy (non-hydrogen) atoms. The van der Waals surface area contributed by atoms with Gasteiger partial charge in [-0.05, 0) is 74.2 Å². The van der Waals surface area contributed by atoms with E-state index in [4.69, 9.17) is 0 Å². The van der Waals surface area contributed by atoms with Crippen LogP contribution in [0, 0.1) is 0 Å². The molecule has 2 heterocycles. The molecule has 2 saturated heterocycles. The van der Waals surface area contributed by atoms with Crippen molar-refractivity contribution in [1.82, 2.24) is 5.32 Å². The molecule has 7 nitrogen and oxygen atoms in total. The fourth-order valence-corrected chi connectivity index (χ4v) is 4.37. The lowest BCUT2D eigenvalue weighted by Gasteiger charge is -2.34. The fourth-order valence-electron chi connectivity index (χ4n) is 4.37. The van der Waals surface area contributed by atoms with Crippen molar-refractivity contribution in [2.75, 3.05) is 34.8 Å². The minimum Gasteiger partial charge on any atom is -0.391 e. The quantitative estimate of drug-likeness (QED) is 0.623. The van der Waals surface area contributed by atoms with Crippen molar-refractivity contribution in [3.63, 3.8) is 0 Å². The lowest BCUT2D eigenvalue weighted by atomic mass is 10.0. The molecule has 3 N–H and O–H groups in total. The van der Waals surface area contributed by atoms with Gasteiger partial charge in [0.1, 0.15) is 6.04 Å². The van der Waals surface area contributed by atoms with Crippen LogP contribution in [0.4, 0.5) is 35.0 Å². The zero-order chi connectivity index (χ0) is 24.3. The number of nitrogens with one attached hydrogen (secondary N) is 2. The Morgan fingerprint density at radius 1 is 0.941 bits per heavy atom. The van der Waals surface area contributed by atoms with Crippen LogP contribution in [0.15, 0.2) is 48.5 Å². The summed E-state index contributed by atoms with van der Waals surface area (Å²) in [5, 5.41) is 15.0. The summed E-state index contributed by atoms with van der Waals surface area (Å²) in [4.78, 5) is 29.1. The molecule has 2 aromatic rings. The summed E-state index contributed by atoms with van der Waals surface area (Å²) >= 11 is 0. The molecule has 2 fully saturated rings. The lowest BCUT2D eigenvalue weighted by Crippen LogP contribution is -2.53. The molecule has 0 aliphatic carbocycles. The van der Waals surface area contributed by atoms with E-state index in [0.29, 0.717) is 25.9 Å². The maximum Gasteiger partial charge on any atom is 0.416 e. The Bertz CT molecular complexity index is 1010. The number of carbonyl (C=O) groups excluding carboxylic acids is 2. The second-order valence-corrected chi connectivity index (χ2v) is 8.62. The van der Waals surface area contributed by atoms with Crippen LogP contribution < -0.4 is 20.4 Å². The van der Waals surface area contributed by atoms with Crippen molar-refractivity contribution >= 4 is 29.0 Å². The van der Waals surface area contributed by atoms with E-state index in [-0.39, 0.29) is 17.7 Å². The van der Waals surface area contributed by atoms with Crippen molar-refractivity contribution in [3.8, 4) is 0 Å². The van der Waals surface area contributed by atoms with Gasteiger partial charge in [0.25, 0.3) is 0 Å². The van der Waals surface area contributed by atoms with E-state index in [1.54, 1.807) is 4.90 Å². The first-order chi connectivity index (χ1) is 16.2. The molecule has 0 spiro atoms. The number of β-amino-alcohol motifs (C(OH)–C–C–N with tert-alkyl or cyclic N) is 1. The van der Waals surface area contributed by atoms with E-state index in [2.05, 4.69) is 15.5 Å².